The molecule has 0 aromatic heterocycles. The second-order valence-electron chi connectivity index (χ2n) is 12.9. The molecule has 0 bridgehead atoms. The minimum Gasteiger partial charge on any atom is -0.462 e. The molecule has 288 valence electrons. The smallest absolute Gasteiger partial charge is 0.462 e. The Kier molecular flexibility index (Phi) is 33.8. The minimum absolute atomic E-state index is 0.173. The van der Waals surface area contributed by atoms with Gasteiger partial charge in [-0.15, -0.1) is 0 Å². The molecule has 10 nitrogen and oxygen atoms in total. The summed E-state index contributed by atoms with van der Waals surface area (Å²) in [7, 11) is -4.61. The number of aliphatic hydroxyl groups excluding tert-OH is 2. The maximum absolute atomic E-state index is 12.5. The lowest BCUT2D eigenvalue weighted by Gasteiger charge is -2.20. The van der Waals surface area contributed by atoms with Crippen molar-refractivity contribution in [1.82, 2.24) is 0 Å². The van der Waals surface area contributed by atoms with Crippen LogP contribution in [0.25, 0.3) is 0 Å². The number of ether oxygens (including phenoxy) is 2. The second-order valence-corrected chi connectivity index (χ2v) is 14.4. The van der Waals surface area contributed by atoms with E-state index in [1.165, 1.54) is 57.8 Å². The quantitative estimate of drug-likeness (QED) is 0.0248. The SMILES string of the molecule is CCCC/C=C/CCCCCCCC(=O)O[C@H](COC(=O)CCCCCCC/C=C/CCCCCCCC)COP(=O)(O)OC[C@@H](O)CO. The van der Waals surface area contributed by atoms with Crippen molar-refractivity contribution in [2.24, 2.45) is 0 Å². The Balaban J connectivity index is 4.36. The summed E-state index contributed by atoms with van der Waals surface area (Å²) in [5.41, 5.74) is 0. The van der Waals surface area contributed by atoms with Crippen LogP contribution in [-0.4, -0.2) is 65.7 Å². The van der Waals surface area contributed by atoms with Crippen LogP contribution < -0.4 is 0 Å². The molecule has 3 atom stereocenters. The Bertz CT molecular complexity index is 879. The first kappa shape index (κ1) is 47.4. The molecule has 49 heavy (non-hydrogen) atoms. The molecule has 3 N–H and O–H groups in total. The van der Waals surface area contributed by atoms with Gasteiger partial charge < -0.3 is 24.6 Å². The number of esters is 2. The Morgan fingerprint density at radius 3 is 1.53 bits per heavy atom. The summed E-state index contributed by atoms with van der Waals surface area (Å²) in [5.74, 6) is -0.946. The molecule has 0 aliphatic heterocycles. The van der Waals surface area contributed by atoms with Crippen molar-refractivity contribution < 1.29 is 47.8 Å². The van der Waals surface area contributed by atoms with Crippen molar-refractivity contribution in [3.05, 3.63) is 24.3 Å². The summed E-state index contributed by atoms with van der Waals surface area (Å²) in [5, 5.41) is 18.3. The van der Waals surface area contributed by atoms with Gasteiger partial charge >= 0.3 is 19.8 Å². The van der Waals surface area contributed by atoms with E-state index >= 15 is 0 Å². The fourth-order valence-corrected chi connectivity index (χ4v) is 5.82. The summed E-state index contributed by atoms with van der Waals surface area (Å²) in [4.78, 5) is 34.8. The van der Waals surface area contributed by atoms with Crippen LogP contribution in [0.2, 0.25) is 0 Å². The maximum atomic E-state index is 12.5. The molecule has 0 aliphatic rings. The van der Waals surface area contributed by atoms with Crippen LogP contribution in [0.1, 0.15) is 168 Å². The first-order chi connectivity index (χ1) is 23.7. The lowest BCUT2D eigenvalue weighted by Crippen LogP contribution is -2.29. The van der Waals surface area contributed by atoms with E-state index in [0.717, 1.165) is 70.6 Å². The number of carbonyl (C=O) groups excluding carboxylic acids is 2. The highest BCUT2D eigenvalue weighted by molar-refractivity contribution is 7.47. The lowest BCUT2D eigenvalue weighted by atomic mass is 10.1. The van der Waals surface area contributed by atoms with E-state index < -0.39 is 51.8 Å². The third-order valence-corrected chi connectivity index (χ3v) is 9.03. The number of allylic oxidation sites excluding steroid dienone is 4. The van der Waals surface area contributed by atoms with Crippen LogP contribution in [0.4, 0.5) is 0 Å². The van der Waals surface area contributed by atoms with E-state index in [1.54, 1.807) is 0 Å². The third kappa shape index (κ3) is 34.7. The van der Waals surface area contributed by atoms with Gasteiger partial charge in [0.05, 0.1) is 19.8 Å². The standard InChI is InChI=1S/C38H71O10P/c1-3-5-7-9-11-13-15-16-17-18-20-21-23-25-27-29-37(41)45-33-36(34-47-49(43,44)46-32-35(40)31-39)48-38(42)30-28-26-24-22-19-14-12-10-8-6-4-2/h10,12,16-17,35-36,39-40H,3-9,11,13-15,18-34H2,1-2H3,(H,43,44)/b12-10+,17-16+/t35-,36+/m0/s1. The molecule has 0 heterocycles. The molecule has 0 fully saturated rings. The molecule has 0 aromatic rings. The summed E-state index contributed by atoms with van der Waals surface area (Å²) < 4.78 is 32.5. The molecule has 0 amide bonds. The van der Waals surface area contributed by atoms with Crippen molar-refractivity contribution in [1.29, 1.82) is 0 Å². The molecule has 0 aliphatic carbocycles. The van der Waals surface area contributed by atoms with E-state index in [1.807, 2.05) is 0 Å². The first-order valence-corrected chi connectivity index (χ1v) is 20.8. The third-order valence-electron chi connectivity index (χ3n) is 8.08. The molecule has 11 heteroatoms. The lowest BCUT2D eigenvalue weighted by molar-refractivity contribution is -0.161. The summed E-state index contributed by atoms with van der Waals surface area (Å²) in [6.07, 6.45) is 31.5. The van der Waals surface area contributed by atoms with E-state index in [9.17, 15) is 24.2 Å². The monoisotopic (exact) mass is 718 g/mol. The topological polar surface area (TPSA) is 149 Å². The number of rotatable bonds is 36. The Hall–Kier alpha value is -1.55. The van der Waals surface area contributed by atoms with Gasteiger partial charge in [-0.25, -0.2) is 4.57 Å². The van der Waals surface area contributed by atoms with Crippen molar-refractivity contribution >= 4 is 19.8 Å². The normalized spacial score (nSPS) is 14.3. The van der Waals surface area contributed by atoms with E-state index in [-0.39, 0.29) is 19.4 Å². The van der Waals surface area contributed by atoms with Gasteiger partial charge in [-0.05, 0) is 57.8 Å². The molecule has 0 rings (SSSR count). The van der Waals surface area contributed by atoms with Crippen LogP contribution in [-0.2, 0) is 32.7 Å². The van der Waals surface area contributed by atoms with Gasteiger partial charge in [0, 0.05) is 12.8 Å². The van der Waals surface area contributed by atoms with Gasteiger partial charge in [0.1, 0.15) is 12.7 Å². The molecular formula is C38H71O10P. The average Bonchev–Trinajstić information content (AvgIpc) is 3.09. The Morgan fingerprint density at radius 2 is 1.02 bits per heavy atom. The number of phosphoric ester groups is 1. The van der Waals surface area contributed by atoms with Gasteiger partial charge in [-0.1, -0.05) is 122 Å². The van der Waals surface area contributed by atoms with Gasteiger partial charge in [-0.2, -0.15) is 0 Å². The minimum atomic E-state index is -4.61. The highest BCUT2D eigenvalue weighted by Gasteiger charge is 2.27. The summed E-state index contributed by atoms with van der Waals surface area (Å²) >= 11 is 0. The summed E-state index contributed by atoms with van der Waals surface area (Å²) in [6.45, 7) is 2.30. The number of phosphoric acid groups is 1. The molecular weight excluding hydrogens is 647 g/mol. The average molecular weight is 719 g/mol. The fourth-order valence-electron chi connectivity index (χ4n) is 5.03. The van der Waals surface area contributed by atoms with E-state index in [4.69, 9.17) is 19.1 Å². The Morgan fingerprint density at radius 1 is 0.592 bits per heavy atom. The van der Waals surface area contributed by atoms with Crippen molar-refractivity contribution in [3.8, 4) is 0 Å². The predicted molar refractivity (Wildman–Crippen MR) is 196 cm³/mol. The highest BCUT2D eigenvalue weighted by atomic mass is 31.2. The maximum Gasteiger partial charge on any atom is 0.472 e. The molecule has 0 radical (unpaired) electrons. The van der Waals surface area contributed by atoms with Crippen molar-refractivity contribution in [3.63, 3.8) is 0 Å². The van der Waals surface area contributed by atoms with Gasteiger partial charge in [0.15, 0.2) is 6.10 Å². The van der Waals surface area contributed by atoms with Crippen molar-refractivity contribution in [2.45, 2.75) is 180 Å². The van der Waals surface area contributed by atoms with Gasteiger partial charge in [0.2, 0.25) is 0 Å². The van der Waals surface area contributed by atoms with Gasteiger partial charge in [-0.3, -0.25) is 18.6 Å². The zero-order valence-electron chi connectivity index (χ0n) is 30.9. The van der Waals surface area contributed by atoms with Crippen molar-refractivity contribution in [2.75, 3.05) is 26.4 Å². The van der Waals surface area contributed by atoms with E-state index in [2.05, 4.69) is 42.7 Å². The molecule has 1 unspecified atom stereocenters. The van der Waals surface area contributed by atoms with Crippen LogP contribution in [0, 0.1) is 0 Å². The molecule has 0 saturated heterocycles. The first-order valence-electron chi connectivity index (χ1n) is 19.3. The largest absolute Gasteiger partial charge is 0.472 e. The number of unbranched alkanes of at least 4 members (excludes halogenated alkanes) is 18. The summed E-state index contributed by atoms with van der Waals surface area (Å²) in [6, 6.07) is 0. The second kappa shape index (κ2) is 34.9. The number of hydrogen-bond donors (Lipinski definition) is 3. The molecule has 0 aromatic carbocycles. The molecule has 0 spiro atoms. The van der Waals surface area contributed by atoms with Crippen LogP contribution in [0.15, 0.2) is 24.3 Å². The fraction of sp³-hybridized carbons (Fsp3) is 0.842. The van der Waals surface area contributed by atoms with E-state index in [0.29, 0.717) is 12.8 Å². The van der Waals surface area contributed by atoms with Crippen LogP contribution >= 0.6 is 7.82 Å². The van der Waals surface area contributed by atoms with Gasteiger partial charge in [0.25, 0.3) is 0 Å². The molecule has 0 saturated carbocycles. The van der Waals surface area contributed by atoms with Crippen LogP contribution in [0.3, 0.4) is 0 Å². The number of hydrogen-bond acceptors (Lipinski definition) is 9. The van der Waals surface area contributed by atoms with Crippen LogP contribution in [0.5, 0.6) is 0 Å². The number of aliphatic hydroxyl groups is 2. The zero-order valence-corrected chi connectivity index (χ0v) is 31.8. The Labute approximate surface area is 298 Å². The predicted octanol–water partition coefficient (Wildman–Crippen LogP) is 9.44. The highest BCUT2D eigenvalue weighted by Crippen LogP contribution is 2.43. The zero-order chi connectivity index (χ0) is 36.3. The number of carbonyl (C=O) groups is 2.